The molecule has 13 heavy (non-hydrogen) atoms. The molecule has 1 heterocycles. The molecule has 1 aliphatic rings. The van der Waals surface area contributed by atoms with Gasteiger partial charge in [-0.2, -0.15) is 0 Å². The fourth-order valence-electron chi connectivity index (χ4n) is 1.79. The normalized spacial score (nSPS) is 34.9. The van der Waals surface area contributed by atoms with Gasteiger partial charge < -0.3 is 9.84 Å². The lowest BCUT2D eigenvalue weighted by molar-refractivity contribution is -0.0751. The van der Waals surface area contributed by atoms with Crippen molar-refractivity contribution in [2.45, 2.75) is 38.9 Å². The standard InChI is InChI=1S/C11H20O2/c1-4-9-7-13-10(5-8(2)3)6-11(9)12/h4,8-12H,1,5-7H2,2-3H3/t9-,10+,11+/m0/s1. The summed E-state index contributed by atoms with van der Waals surface area (Å²) in [5.41, 5.74) is 0. The minimum absolute atomic E-state index is 0.128. The Morgan fingerprint density at radius 1 is 1.62 bits per heavy atom. The first-order chi connectivity index (χ1) is 6.13. The Bertz CT molecular complexity index is 165. The first kappa shape index (κ1) is 10.7. The highest BCUT2D eigenvalue weighted by Gasteiger charge is 2.27. The van der Waals surface area contributed by atoms with E-state index in [9.17, 15) is 5.11 Å². The van der Waals surface area contributed by atoms with Crippen LogP contribution in [-0.2, 0) is 4.74 Å². The summed E-state index contributed by atoms with van der Waals surface area (Å²) in [4.78, 5) is 0. The Morgan fingerprint density at radius 2 is 2.31 bits per heavy atom. The molecule has 0 aromatic heterocycles. The monoisotopic (exact) mass is 184 g/mol. The van der Waals surface area contributed by atoms with Crippen LogP contribution in [0.3, 0.4) is 0 Å². The van der Waals surface area contributed by atoms with Crippen molar-refractivity contribution in [1.29, 1.82) is 0 Å². The summed E-state index contributed by atoms with van der Waals surface area (Å²) < 4.78 is 5.63. The smallest absolute Gasteiger partial charge is 0.0649 e. The molecule has 1 saturated heterocycles. The lowest BCUT2D eigenvalue weighted by Gasteiger charge is -2.32. The zero-order valence-corrected chi connectivity index (χ0v) is 8.57. The van der Waals surface area contributed by atoms with Gasteiger partial charge in [-0.15, -0.1) is 6.58 Å². The summed E-state index contributed by atoms with van der Waals surface area (Å²) in [6, 6.07) is 0. The van der Waals surface area contributed by atoms with Crippen molar-refractivity contribution in [2.24, 2.45) is 11.8 Å². The number of aliphatic hydroxyl groups is 1. The van der Waals surface area contributed by atoms with E-state index in [1.165, 1.54) is 0 Å². The summed E-state index contributed by atoms with van der Waals surface area (Å²) in [5.74, 6) is 0.765. The first-order valence-electron chi connectivity index (χ1n) is 5.05. The minimum Gasteiger partial charge on any atom is -0.392 e. The number of rotatable bonds is 3. The lowest BCUT2D eigenvalue weighted by Crippen LogP contribution is -2.36. The van der Waals surface area contributed by atoms with Crippen molar-refractivity contribution in [3.05, 3.63) is 12.7 Å². The molecule has 0 amide bonds. The molecule has 1 fully saturated rings. The molecule has 76 valence electrons. The van der Waals surface area contributed by atoms with Crippen LogP contribution in [-0.4, -0.2) is 23.9 Å². The van der Waals surface area contributed by atoms with Gasteiger partial charge in [-0.05, 0) is 12.3 Å². The molecule has 0 aromatic carbocycles. The Hall–Kier alpha value is -0.340. The first-order valence-corrected chi connectivity index (χ1v) is 5.05. The van der Waals surface area contributed by atoms with Gasteiger partial charge in [-0.3, -0.25) is 0 Å². The second-order valence-corrected chi connectivity index (χ2v) is 4.29. The van der Waals surface area contributed by atoms with Crippen LogP contribution in [0.1, 0.15) is 26.7 Å². The maximum absolute atomic E-state index is 9.70. The summed E-state index contributed by atoms with van der Waals surface area (Å²) in [5, 5.41) is 9.70. The van der Waals surface area contributed by atoms with Crippen LogP contribution in [0.2, 0.25) is 0 Å². The second kappa shape index (κ2) is 4.77. The quantitative estimate of drug-likeness (QED) is 0.680. The highest BCUT2D eigenvalue weighted by Crippen LogP contribution is 2.24. The Balaban J connectivity index is 2.36. The van der Waals surface area contributed by atoms with Crippen LogP contribution >= 0.6 is 0 Å². The van der Waals surface area contributed by atoms with E-state index in [0.29, 0.717) is 12.5 Å². The summed E-state index contributed by atoms with van der Waals surface area (Å²) in [6.45, 7) is 8.66. The summed E-state index contributed by atoms with van der Waals surface area (Å²) in [6.07, 6.45) is 3.58. The van der Waals surface area contributed by atoms with Crippen molar-refractivity contribution < 1.29 is 9.84 Å². The number of hydrogen-bond acceptors (Lipinski definition) is 2. The van der Waals surface area contributed by atoms with E-state index >= 15 is 0 Å². The predicted molar refractivity (Wildman–Crippen MR) is 53.5 cm³/mol. The van der Waals surface area contributed by atoms with Crippen LogP contribution in [0.15, 0.2) is 12.7 Å². The van der Waals surface area contributed by atoms with Crippen LogP contribution in [0, 0.1) is 11.8 Å². The molecule has 0 radical (unpaired) electrons. The topological polar surface area (TPSA) is 29.5 Å². The third kappa shape index (κ3) is 3.12. The summed E-state index contributed by atoms with van der Waals surface area (Å²) >= 11 is 0. The van der Waals surface area contributed by atoms with Gasteiger partial charge in [0.2, 0.25) is 0 Å². The molecule has 2 heteroatoms. The highest BCUT2D eigenvalue weighted by atomic mass is 16.5. The van der Waals surface area contributed by atoms with Crippen LogP contribution in [0.25, 0.3) is 0 Å². The van der Waals surface area contributed by atoms with Gasteiger partial charge in [0.15, 0.2) is 0 Å². The van der Waals surface area contributed by atoms with E-state index in [-0.39, 0.29) is 18.1 Å². The number of ether oxygens (including phenoxy) is 1. The largest absolute Gasteiger partial charge is 0.392 e. The molecular formula is C11H20O2. The van der Waals surface area contributed by atoms with Gasteiger partial charge in [0, 0.05) is 12.3 Å². The SMILES string of the molecule is C=C[C@H]1CO[C@H](CC(C)C)C[C@H]1O. The van der Waals surface area contributed by atoms with Gasteiger partial charge in [0.25, 0.3) is 0 Å². The Kier molecular flexibility index (Phi) is 3.94. The van der Waals surface area contributed by atoms with Crippen molar-refractivity contribution in [2.75, 3.05) is 6.61 Å². The van der Waals surface area contributed by atoms with Gasteiger partial charge in [-0.25, -0.2) is 0 Å². The van der Waals surface area contributed by atoms with Gasteiger partial charge >= 0.3 is 0 Å². The van der Waals surface area contributed by atoms with Crippen molar-refractivity contribution in [3.8, 4) is 0 Å². The molecule has 0 aliphatic carbocycles. The van der Waals surface area contributed by atoms with Gasteiger partial charge in [0.05, 0.1) is 18.8 Å². The number of aliphatic hydroxyl groups excluding tert-OH is 1. The minimum atomic E-state index is -0.255. The molecule has 1 rings (SSSR count). The second-order valence-electron chi connectivity index (χ2n) is 4.29. The summed E-state index contributed by atoms with van der Waals surface area (Å²) in [7, 11) is 0. The van der Waals surface area contributed by atoms with Crippen molar-refractivity contribution in [3.63, 3.8) is 0 Å². The number of hydrogen-bond donors (Lipinski definition) is 1. The molecule has 0 spiro atoms. The molecular weight excluding hydrogens is 164 g/mol. The van der Waals surface area contributed by atoms with E-state index < -0.39 is 0 Å². The van der Waals surface area contributed by atoms with E-state index in [1.54, 1.807) is 6.08 Å². The van der Waals surface area contributed by atoms with Gasteiger partial charge in [-0.1, -0.05) is 19.9 Å². The average molecular weight is 184 g/mol. The van der Waals surface area contributed by atoms with Crippen LogP contribution in [0.4, 0.5) is 0 Å². The van der Waals surface area contributed by atoms with E-state index in [1.807, 2.05) is 0 Å². The third-order valence-corrected chi connectivity index (χ3v) is 2.56. The third-order valence-electron chi connectivity index (χ3n) is 2.56. The van der Waals surface area contributed by atoms with Crippen LogP contribution < -0.4 is 0 Å². The fraction of sp³-hybridized carbons (Fsp3) is 0.818. The van der Waals surface area contributed by atoms with E-state index in [0.717, 1.165) is 12.8 Å². The highest BCUT2D eigenvalue weighted by molar-refractivity contribution is 4.89. The molecule has 0 aromatic rings. The zero-order chi connectivity index (χ0) is 9.84. The molecule has 0 saturated carbocycles. The molecule has 3 atom stereocenters. The lowest BCUT2D eigenvalue weighted by atomic mass is 9.91. The van der Waals surface area contributed by atoms with Crippen LogP contribution in [0.5, 0.6) is 0 Å². The zero-order valence-electron chi connectivity index (χ0n) is 8.57. The fourth-order valence-corrected chi connectivity index (χ4v) is 1.79. The Morgan fingerprint density at radius 3 is 2.77 bits per heavy atom. The van der Waals surface area contributed by atoms with Crippen molar-refractivity contribution >= 4 is 0 Å². The maximum atomic E-state index is 9.70. The molecule has 0 bridgehead atoms. The Labute approximate surface area is 80.6 Å². The molecule has 0 unspecified atom stereocenters. The van der Waals surface area contributed by atoms with E-state index in [2.05, 4.69) is 20.4 Å². The molecule has 2 nitrogen and oxygen atoms in total. The van der Waals surface area contributed by atoms with Crippen molar-refractivity contribution in [1.82, 2.24) is 0 Å². The maximum Gasteiger partial charge on any atom is 0.0649 e. The molecule has 1 aliphatic heterocycles. The predicted octanol–water partition coefficient (Wildman–Crippen LogP) is 1.98. The van der Waals surface area contributed by atoms with Gasteiger partial charge in [0.1, 0.15) is 0 Å². The average Bonchev–Trinajstić information content (AvgIpc) is 2.03. The van der Waals surface area contributed by atoms with E-state index in [4.69, 9.17) is 4.74 Å². The molecule has 1 N–H and O–H groups in total.